The molecule has 4 fully saturated rings. The van der Waals surface area contributed by atoms with Gasteiger partial charge in [0.05, 0.1) is 24.0 Å². The van der Waals surface area contributed by atoms with Crippen molar-refractivity contribution < 1.29 is 34.2 Å². The first-order valence-electron chi connectivity index (χ1n) is 15.7. The van der Waals surface area contributed by atoms with Gasteiger partial charge in [-0.15, -0.1) is 0 Å². The zero-order valence-electron chi connectivity index (χ0n) is 24.5. The average Bonchev–Trinajstić information content (AvgIpc) is 3.56. The van der Waals surface area contributed by atoms with Crippen molar-refractivity contribution in [3.05, 3.63) is 71.8 Å². The fraction of sp³-hybridized carbons (Fsp3) is 0.559. The third-order valence-corrected chi connectivity index (χ3v) is 10.6. The number of carbonyl (C=O) groups is 3. The number of rotatable bonds is 12. The van der Waals surface area contributed by atoms with Crippen LogP contribution in [0.25, 0.3) is 0 Å². The van der Waals surface area contributed by atoms with Crippen LogP contribution in [-0.4, -0.2) is 69.9 Å². The molecule has 2 heterocycles. The molecule has 2 aromatic carbocycles. The van der Waals surface area contributed by atoms with Gasteiger partial charge in [0.1, 0.15) is 11.6 Å². The minimum absolute atomic E-state index is 0.0799. The van der Waals surface area contributed by atoms with Crippen molar-refractivity contribution in [3.8, 4) is 0 Å². The van der Waals surface area contributed by atoms with Gasteiger partial charge in [-0.1, -0.05) is 60.7 Å². The van der Waals surface area contributed by atoms with E-state index in [0.29, 0.717) is 51.4 Å². The molecule has 3 N–H and O–H groups in total. The molecule has 0 bridgehead atoms. The standard InChI is InChI=1S/C34H42N2O7/c37-30(38)27-21-25(19-23-7-3-1-4-8-23)11-14-33(27)29(43-35-33)13-17-42-18-16-36-32(41)34(36)15-12-26(22-28(34)31(39)40)20-24-9-5-2-6-10-24/h1-10,25-29,35H,11-22H2,(H,37,38)(H,39,40). The fourth-order valence-electron chi connectivity index (χ4n) is 8.18. The highest BCUT2D eigenvalue weighted by molar-refractivity contribution is 6.06. The van der Waals surface area contributed by atoms with E-state index >= 15 is 0 Å². The van der Waals surface area contributed by atoms with Gasteiger partial charge in [-0.2, -0.15) is 5.48 Å². The van der Waals surface area contributed by atoms with Crippen molar-refractivity contribution in [1.29, 1.82) is 0 Å². The van der Waals surface area contributed by atoms with Gasteiger partial charge in [0.2, 0.25) is 5.91 Å². The maximum Gasteiger partial charge on any atom is 0.309 e. The van der Waals surface area contributed by atoms with Crippen molar-refractivity contribution in [3.63, 3.8) is 0 Å². The van der Waals surface area contributed by atoms with E-state index in [-0.39, 0.29) is 17.9 Å². The van der Waals surface area contributed by atoms with Crippen LogP contribution in [0.5, 0.6) is 0 Å². The lowest BCUT2D eigenvalue weighted by atomic mass is 9.64. The molecule has 2 spiro atoms. The van der Waals surface area contributed by atoms with E-state index < -0.39 is 34.9 Å². The number of carboxylic acids is 2. The molecule has 4 aliphatic rings. The Hall–Kier alpha value is -3.27. The van der Waals surface area contributed by atoms with Crippen molar-refractivity contribution in [2.75, 3.05) is 19.8 Å². The molecule has 0 radical (unpaired) electrons. The molecule has 43 heavy (non-hydrogen) atoms. The van der Waals surface area contributed by atoms with Gasteiger partial charge in [-0.3, -0.25) is 19.2 Å². The van der Waals surface area contributed by atoms with Crippen LogP contribution in [-0.2, 0) is 36.8 Å². The SMILES string of the molecule is O=C(O)C1CC(Cc2ccccc2)CCC12NOC2CCOCCN1C(=O)C12CCC(Cc1ccccc1)CC2C(=O)O. The van der Waals surface area contributed by atoms with Gasteiger partial charge >= 0.3 is 11.9 Å². The quantitative estimate of drug-likeness (QED) is 0.249. The summed E-state index contributed by atoms with van der Waals surface area (Å²) in [6, 6.07) is 20.3. The number of hydrogen-bond donors (Lipinski definition) is 3. The summed E-state index contributed by atoms with van der Waals surface area (Å²) in [6.45, 7) is 1.05. The first-order valence-corrected chi connectivity index (χ1v) is 15.7. The fourth-order valence-corrected chi connectivity index (χ4v) is 8.18. The van der Waals surface area contributed by atoms with Crippen molar-refractivity contribution in [2.45, 2.75) is 75.0 Å². The summed E-state index contributed by atoms with van der Waals surface area (Å²) in [5.74, 6) is -2.46. The second-order valence-electron chi connectivity index (χ2n) is 13.0. The van der Waals surface area contributed by atoms with Crippen molar-refractivity contribution >= 4 is 17.8 Å². The van der Waals surface area contributed by atoms with Crippen LogP contribution in [0.3, 0.4) is 0 Å². The van der Waals surface area contributed by atoms with E-state index in [0.717, 1.165) is 32.1 Å². The molecule has 6 rings (SSSR count). The molecule has 2 saturated heterocycles. The van der Waals surface area contributed by atoms with E-state index in [2.05, 4.69) is 29.7 Å². The maximum absolute atomic E-state index is 13.0. The number of nitrogens with one attached hydrogen (secondary N) is 1. The van der Waals surface area contributed by atoms with Crippen molar-refractivity contribution in [2.24, 2.45) is 23.7 Å². The third kappa shape index (κ3) is 5.82. The number of aliphatic carboxylic acids is 2. The molecule has 1 amide bonds. The summed E-state index contributed by atoms with van der Waals surface area (Å²) in [7, 11) is 0. The molecule has 7 atom stereocenters. The number of ether oxygens (including phenoxy) is 1. The molecule has 7 unspecified atom stereocenters. The molecule has 0 aromatic heterocycles. The molecule has 9 nitrogen and oxygen atoms in total. The number of benzene rings is 2. The molecule has 230 valence electrons. The largest absolute Gasteiger partial charge is 0.481 e. The number of hydrogen-bond acceptors (Lipinski definition) is 6. The lowest BCUT2D eigenvalue weighted by Gasteiger charge is -2.55. The van der Waals surface area contributed by atoms with Crippen LogP contribution in [0.15, 0.2) is 60.7 Å². The predicted octanol–water partition coefficient (Wildman–Crippen LogP) is 4.10. The first-order chi connectivity index (χ1) is 20.8. The molecule has 2 aliphatic heterocycles. The van der Waals surface area contributed by atoms with Gasteiger partial charge in [-0.05, 0) is 74.3 Å². The zero-order chi connectivity index (χ0) is 30.0. The Morgan fingerprint density at radius 3 is 2.00 bits per heavy atom. The van der Waals surface area contributed by atoms with E-state index in [1.165, 1.54) is 11.1 Å². The van der Waals surface area contributed by atoms with Gasteiger partial charge < -0.3 is 19.8 Å². The highest BCUT2D eigenvalue weighted by Gasteiger charge is 2.69. The normalized spacial score (nSPS) is 33.3. The Morgan fingerprint density at radius 2 is 1.44 bits per heavy atom. The van der Waals surface area contributed by atoms with Crippen LogP contribution in [0.1, 0.15) is 56.1 Å². The monoisotopic (exact) mass is 590 g/mol. The lowest BCUT2D eigenvalue weighted by Crippen LogP contribution is -2.73. The van der Waals surface area contributed by atoms with Crippen LogP contribution in [0, 0.1) is 23.7 Å². The summed E-state index contributed by atoms with van der Waals surface area (Å²) >= 11 is 0. The molecule has 9 heteroatoms. The predicted molar refractivity (Wildman–Crippen MR) is 158 cm³/mol. The topological polar surface area (TPSA) is 125 Å². The first kappa shape index (κ1) is 29.8. The summed E-state index contributed by atoms with van der Waals surface area (Å²) in [5.41, 5.74) is 3.97. The molecular formula is C34H42N2O7. The molecular weight excluding hydrogens is 548 g/mol. The van der Waals surface area contributed by atoms with Crippen LogP contribution < -0.4 is 5.48 Å². The van der Waals surface area contributed by atoms with E-state index in [1.807, 2.05) is 36.4 Å². The number of amides is 1. The highest BCUT2D eigenvalue weighted by Crippen LogP contribution is 2.52. The van der Waals surface area contributed by atoms with E-state index in [9.17, 15) is 24.6 Å². The third-order valence-electron chi connectivity index (χ3n) is 10.6. The summed E-state index contributed by atoms with van der Waals surface area (Å²) in [4.78, 5) is 44.9. The van der Waals surface area contributed by atoms with Gasteiger partial charge in [0.15, 0.2) is 0 Å². The zero-order valence-corrected chi connectivity index (χ0v) is 24.5. The number of hydroxylamine groups is 1. The smallest absolute Gasteiger partial charge is 0.309 e. The summed E-state index contributed by atoms with van der Waals surface area (Å²) < 4.78 is 5.90. The summed E-state index contributed by atoms with van der Waals surface area (Å²) in [6.07, 6.45) is 6.17. The van der Waals surface area contributed by atoms with Crippen LogP contribution >= 0.6 is 0 Å². The van der Waals surface area contributed by atoms with Gasteiger partial charge in [-0.25, -0.2) is 0 Å². The molecule has 2 aliphatic carbocycles. The Balaban J connectivity index is 0.967. The number of nitrogens with zero attached hydrogens (tertiary/aromatic N) is 1. The second kappa shape index (κ2) is 12.4. The minimum atomic E-state index is -0.902. The lowest BCUT2D eigenvalue weighted by molar-refractivity contribution is -0.262. The number of carbonyl (C=O) groups excluding carboxylic acids is 1. The summed E-state index contributed by atoms with van der Waals surface area (Å²) in [5, 5.41) is 20.1. The Morgan fingerprint density at radius 1 is 0.860 bits per heavy atom. The van der Waals surface area contributed by atoms with E-state index in [4.69, 9.17) is 9.57 Å². The van der Waals surface area contributed by atoms with Gasteiger partial charge in [0.25, 0.3) is 0 Å². The Labute approximate surface area is 252 Å². The number of carboxylic acid groups (broad SMARTS) is 2. The second-order valence-corrected chi connectivity index (χ2v) is 13.0. The highest BCUT2D eigenvalue weighted by atomic mass is 16.7. The molecule has 2 saturated carbocycles. The van der Waals surface area contributed by atoms with Crippen LogP contribution in [0.2, 0.25) is 0 Å². The average molecular weight is 591 g/mol. The van der Waals surface area contributed by atoms with Crippen molar-refractivity contribution in [1.82, 2.24) is 10.4 Å². The Bertz CT molecular complexity index is 1310. The molecule has 2 aromatic rings. The minimum Gasteiger partial charge on any atom is -0.481 e. The van der Waals surface area contributed by atoms with Gasteiger partial charge in [0, 0.05) is 19.6 Å². The van der Waals surface area contributed by atoms with Crippen LogP contribution in [0.4, 0.5) is 0 Å². The Kier molecular flexibility index (Phi) is 8.58. The van der Waals surface area contributed by atoms with E-state index in [1.54, 1.807) is 4.90 Å². The maximum atomic E-state index is 13.0.